The third-order valence-corrected chi connectivity index (χ3v) is 4.69. The van der Waals surface area contributed by atoms with Gasteiger partial charge in [0.15, 0.2) is 0 Å². The molecule has 2 rings (SSSR count). The molecule has 1 aliphatic rings. The maximum absolute atomic E-state index is 11.9. The summed E-state index contributed by atoms with van der Waals surface area (Å²) in [5.41, 5.74) is 2.90. The number of carboxylic acid groups (broad SMARTS) is 1. The Morgan fingerprint density at radius 2 is 2.04 bits per heavy atom. The molecule has 0 radical (unpaired) electrons. The molecule has 124 valence electrons. The molecule has 0 bridgehead atoms. The molecule has 8 heteroatoms. The van der Waals surface area contributed by atoms with Crippen molar-refractivity contribution < 1.29 is 19.5 Å². The van der Waals surface area contributed by atoms with E-state index in [0.717, 1.165) is 30.6 Å². The van der Waals surface area contributed by atoms with Crippen molar-refractivity contribution >= 4 is 34.8 Å². The lowest BCUT2D eigenvalue weighted by atomic mass is 10.2. The van der Waals surface area contributed by atoms with Gasteiger partial charge in [0, 0.05) is 13.0 Å². The predicted molar refractivity (Wildman–Crippen MR) is 84.1 cm³/mol. The molecule has 1 N–H and O–H groups in total. The molecule has 0 atom stereocenters. The van der Waals surface area contributed by atoms with Crippen molar-refractivity contribution in [1.29, 1.82) is 0 Å². The monoisotopic (exact) mass is 336 g/mol. The number of amides is 2. The van der Waals surface area contributed by atoms with Gasteiger partial charge in [0.2, 0.25) is 5.91 Å². The summed E-state index contributed by atoms with van der Waals surface area (Å²) in [7, 11) is 0. The van der Waals surface area contributed by atoms with E-state index in [1.807, 2.05) is 0 Å². The van der Waals surface area contributed by atoms with Crippen LogP contribution < -0.4 is 10.5 Å². The first-order chi connectivity index (χ1) is 11.0. The second kappa shape index (κ2) is 7.87. The molecule has 1 aromatic rings. The van der Waals surface area contributed by atoms with Crippen LogP contribution >= 0.6 is 11.3 Å². The fourth-order valence-electron chi connectivity index (χ4n) is 2.26. The van der Waals surface area contributed by atoms with E-state index in [4.69, 9.17) is 0 Å². The van der Waals surface area contributed by atoms with Gasteiger partial charge in [0.25, 0.3) is 5.91 Å². The smallest absolute Gasteiger partial charge is 0.259 e. The number of nitrogens with one attached hydrogen (secondary N) is 1. The molecule has 0 aliphatic carbocycles. The van der Waals surface area contributed by atoms with Crippen LogP contribution in [0.2, 0.25) is 0 Å². The Morgan fingerprint density at radius 1 is 1.30 bits per heavy atom. The number of aromatic carboxylic acids is 1. The van der Waals surface area contributed by atoms with Crippen LogP contribution in [0.15, 0.2) is 17.2 Å². The molecule has 1 saturated heterocycles. The summed E-state index contributed by atoms with van der Waals surface area (Å²) in [5, 5.41) is 14.7. The number of hydrogen-bond donors (Lipinski definition) is 1. The number of carbonyl (C=O) groups is 3. The Kier molecular flexibility index (Phi) is 5.86. The minimum absolute atomic E-state index is 0.00444. The zero-order valence-corrected chi connectivity index (χ0v) is 13.6. The van der Waals surface area contributed by atoms with Crippen LogP contribution in [0.25, 0.3) is 0 Å². The van der Waals surface area contributed by atoms with Crippen LogP contribution in [0.5, 0.6) is 0 Å². The first-order valence-electron chi connectivity index (χ1n) is 7.40. The average Bonchev–Trinajstić information content (AvgIpc) is 2.93. The SMILES string of the molecule is C/C(=N/NC(=O)CN1CCCCCC1=O)c1ccc(C(=O)[O-])s1. The van der Waals surface area contributed by atoms with Crippen molar-refractivity contribution in [2.75, 3.05) is 13.1 Å². The number of rotatable bonds is 5. The Bertz CT molecular complexity index is 638. The molecule has 1 aliphatic heterocycles. The first kappa shape index (κ1) is 17.1. The zero-order chi connectivity index (χ0) is 16.8. The summed E-state index contributed by atoms with van der Waals surface area (Å²) in [5.74, 6) is -1.61. The summed E-state index contributed by atoms with van der Waals surface area (Å²) >= 11 is 1.03. The van der Waals surface area contributed by atoms with E-state index in [9.17, 15) is 19.5 Å². The summed E-state index contributed by atoms with van der Waals surface area (Å²) in [6.07, 6.45) is 3.26. The van der Waals surface area contributed by atoms with Gasteiger partial charge in [0.05, 0.1) is 21.4 Å². The lowest BCUT2D eigenvalue weighted by molar-refractivity contribution is -0.254. The third-order valence-electron chi connectivity index (χ3n) is 3.52. The van der Waals surface area contributed by atoms with Gasteiger partial charge < -0.3 is 14.8 Å². The van der Waals surface area contributed by atoms with Crippen LogP contribution in [0.1, 0.15) is 47.2 Å². The van der Waals surface area contributed by atoms with E-state index < -0.39 is 5.97 Å². The highest BCUT2D eigenvalue weighted by Gasteiger charge is 2.19. The fourth-order valence-corrected chi connectivity index (χ4v) is 3.04. The molecule has 7 nitrogen and oxygen atoms in total. The highest BCUT2D eigenvalue weighted by atomic mass is 32.1. The summed E-state index contributed by atoms with van der Waals surface area (Å²) in [6, 6.07) is 3.05. The minimum Gasteiger partial charge on any atom is -0.544 e. The molecule has 2 amide bonds. The van der Waals surface area contributed by atoms with Gasteiger partial charge in [0.1, 0.15) is 6.54 Å². The molecule has 0 unspecified atom stereocenters. The van der Waals surface area contributed by atoms with Gasteiger partial charge in [-0.05, 0) is 31.9 Å². The second-order valence-corrected chi connectivity index (χ2v) is 6.39. The number of nitrogens with zero attached hydrogens (tertiary/aromatic N) is 2. The van der Waals surface area contributed by atoms with Gasteiger partial charge in [-0.1, -0.05) is 6.42 Å². The standard InChI is InChI=1S/C15H19N3O4S/c1-10(11-6-7-12(23-11)15(21)22)16-17-13(19)9-18-8-4-2-3-5-14(18)20/h6-7H,2-5,8-9H2,1H3,(H,17,19)(H,21,22)/p-1/b16-10-. The molecule has 2 heterocycles. The van der Waals surface area contributed by atoms with Gasteiger partial charge >= 0.3 is 0 Å². The minimum atomic E-state index is -1.24. The van der Waals surface area contributed by atoms with Crippen LogP contribution in [0.3, 0.4) is 0 Å². The van der Waals surface area contributed by atoms with Gasteiger partial charge in [-0.25, -0.2) is 5.43 Å². The average molecular weight is 336 g/mol. The van der Waals surface area contributed by atoms with Gasteiger partial charge in [-0.2, -0.15) is 5.10 Å². The van der Waals surface area contributed by atoms with Crippen LogP contribution in [0.4, 0.5) is 0 Å². The fraction of sp³-hybridized carbons (Fsp3) is 0.467. The van der Waals surface area contributed by atoms with E-state index in [-0.39, 0.29) is 23.2 Å². The lowest BCUT2D eigenvalue weighted by Crippen LogP contribution is -2.39. The molecule has 1 fully saturated rings. The molecule has 1 aromatic heterocycles. The van der Waals surface area contributed by atoms with Crippen molar-refractivity contribution in [2.24, 2.45) is 5.10 Å². The van der Waals surface area contributed by atoms with Crippen LogP contribution in [-0.2, 0) is 9.59 Å². The van der Waals surface area contributed by atoms with Crippen LogP contribution in [-0.4, -0.2) is 41.5 Å². The zero-order valence-electron chi connectivity index (χ0n) is 12.8. The summed E-state index contributed by atoms with van der Waals surface area (Å²) < 4.78 is 0. The largest absolute Gasteiger partial charge is 0.544 e. The van der Waals surface area contributed by atoms with E-state index >= 15 is 0 Å². The normalized spacial score (nSPS) is 16.1. The Balaban J connectivity index is 1.91. The number of thiophene rings is 1. The van der Waals surface area contributed by atoms with Crippen molar-refractivity contribution in [3.63, 3.8) is 0 Å². The van der Waals surface area contributed by atoms with E-state index in [1.165, 1.54) is 6.07 Å². The van der Waals surface area contributed by atoms with E-state index in [1.54, 1.807) is 17.9 Å². The Hall–Kier alpha value is -2.22. The molecular weight excluding hydrogens is 318 g/mol. The van der Waals surface area contributed by atoms with Gasteiger partial charge in [-0.15, -0.1) is 11.3 Å². The lowest BCUT2D eigenvalue weighted by Gasteiger charge is -2.18. The van der Waals surface area contributed by atoms with E-state index in [0.29, 0.717) is 23.6 Å². The molecule has 0 spiro atoms. The summed E-state index contributed by atoms with van der Waals surface area (Å²) in [6.45, 7) is 2.25. The Labute approximate surface area is 138 Å². The Morgan fingerprint density at radius 3 is 2.74 bits per heavy atom. The highest BCUT2D eigenvalue weighted by Crippen LogP contribution is 2.16. The number of carboxylic acids is 1. The molecule has 0 saturated carbocycles. The van der Waals surface area contributed by atoms with Gasteiger partial charge in [-0.3, -0.25) is 9.59 Å². The van der Waals surface area contributed by atoms with E-state index in [2.05, 4.69) is 10.5 Å². The molecular formula is C15H18N3O4S-. The van der Waals surface area contributed by atoms with Crippen molar-refractivity contribution in [3.05, 3.63) is 21.9 Å². The van der Waals surface area contributed by atoms with Crippen LogP contribution in [0, 0.1) is 0 Å². The highest BCUT2D eigenvalue weighted by molar-refractivity contribution is 7.15. The van der Waals surface area contributed by atoms with Crippen molar-refractivity contribution in [2.45, 2.75) is 32.6 Å². The topological polar surface area (TPSA) is 102 Å². The number of hydrogen-bond acceptors (Lipinski definition) is 6. The quantitative estimate of drug-likeness (QED) is 0.619. The molecule has 0 aromatic carbocycles. The third kappa shape index (κ3) is 4.88. The molecule has 23 heavy (non-hydrogen) atoms. The maximum atomic E-state index is 11.9. The first-order valence-corrected chi connectivity index (χ1v) is 8.21. The maximum Gasteiger partial charge on any atom is 0.259 e. The van der Waals surface area contributed by atoms with Crippen molar-refractivity contribution in [3.8, 4) is 0 Å². The second-order valence-electron chi connectivity index (χ2n) is 5.31. The number of carbonyl (C=O) groups excluding carboxylic acids is 3. The van der Waals surface area contributed by atoms with Crippen molar-refractivity contribution in [1.82, 2.24) is 10.3 Å². The predicted octanol–water partition coefficient (Wildman–Crippen LogP) is 0.354. The summed E-state index contributed by atoms with van der Waals surface area (Å²) in [4.78, 5) is 36.8. The number of hydrazone groups is 1. The number of likely N-dealkylation sites (tertiary alicyclic amines) is 1.